The third-order valence-corrected chi connectivity index (χ3v) is 7.97. The number of fused-ring (bicyclic) bond motifs is 2. The number of hydrogen-bond acceptors (Lipinski definition) is 4. The van der Waals surface area contributed by atoms with E-state index in [1.807, 2.05) is 12.1 Å². The van der Waals surface area contributed by atoms with Crippen LogP contribution in [0, 0.1) is 5.92 Å². The lowest BCUT2D eigenvalue weighted by atomic mass is 10.0. The molecule has 3 aromatic carbocycles. The first kappa shape index (κ1) is 25.1. The number of aryl methyl sites for hydroxylation is 2. The second-order valence-corrected chi connectivity index (χ2v) is 10.7. The average molecular weight is 504 g/mol. The molecule has 35 heavy (non-hydrogen) atoms. The molecule has 4 rings (SSSR count). The summed E-state index contributed by atoms with van der Waals surface area (Å²) < 4.78 is 61.8. The van der Waals surface area contributed by atoms with Crippen molar-refractivity contribution in [2.45, 2.75) is 31.0 Å². The van der Waals surface area contributed by atoms with Crippen molar-refractivity contribution in [3.05, 3.63) is 83.9 Å². The molecular weight excluding hydrogens is 475 g/mol. The second kappa shape index (κ2) is 10.3. The third kappa shape index (κ3) is 5.97. The Morgan fingerprint density at radius 3 is 2.03 bits per heavy atom. The topological polar surface area (TPSA) is 53.9 Å². The molecule has 0 amide bonds. The van der Waals surface area contributed by atoms with E-state index in [0.717, 1.165) is 25.0 Å². The summed E-state index contributed by atoms with van der Waals surface area (Å²) in [5, 5.41) is 0. The zero-order valence-electron chi connectivity index (χ0n) is 19.6. The highest BCUT2D eigenvalue weighted by Crippen LogP contribution is 2.36. The maximum absolute atomic E-state index is 13.4. The Morgan fingerprint density at radius 2 is 1.51 bits per heavy atom. The summed E-state index contributed by atoms with van der Waals surface area (Å²) in [5.41, 5.74) is 4.92. The molecule has 2 unspecified atom stereocenters. The quantitative estimate of drug-likeness (QED) is 0.423. The van der Waals surface area contributed by atoms with E-state index in [9.17, 15) is 17.4 Å². The number of rotatable bonds is 7. The molecule has 2 atom stereocenters. The number of alkyl halides is 3. The Morgan fingerprint density at radius 1 is 0.971 bits per heavy atom. The van der Waals surface area contributed by atoms with Gasteiger partial charge >= 0.3 is 6.36 Å². The zero-order chi connectivity index (χ0) is 25.1. The number of benzene rings is 3. The molecule has 1 heterocycles. The van der Waals surface area contributed by atoms with Gasteiger partial charge in [0.2, 0.25) is 0 Å². The summed E-state index contributed by atoms with van der Waals surface area (Å²) in [6, 6.07) is 21.7. The van der Waals surface area contributed by atoms with Crippen molar-refractivity contribution in [3.8, 4) is 5.75 Å². The van der Waals surface area contributed by atoms with Crippen LogP contribution < -0.4 is 14.4 Å². The second-order valence-electron chi connectivity index (χ2n) is 8.55. The van der Waals surface area contributed by atoms with Crippen molar-refractivity contribution in [2.24, 2.45) is 10.3 Å². The van der Waals surface area contributed by atoms with Crippen molar-refractivity contribution in [1.82, 2.24) is 4.72 Å². The normalized spacial score (nSPS) is 15.9. The smallest absolute Gasteiger partial charge is 0.406 e. The minimum Gasteiger partial charge on any atom is -0.406 e. The van der Waals surface area contributed by atoms with Crippen molar-refractivity contribution < 1.29 is 22.1 Å². The standard InChI is InChI=1S/C26H28F3N3O2S/c1-19(17-31-35(33,30-2)23-15-13-22(14-16-23)34-26(27,28)29)18-32-24-9-5-3-7-20(24)11-12-21-8-4-6-10-25(21)32/h3-10,13-16,19H,11-12,17-18H2,1-2H3,(H,30,31,33). The first-order valence-electron chi connectivity index (χ1n) is 11.4. The molecule has 3 aromatic rings. The van der Waals surface area contributed by atoms with Crippen LogP contribution in [0.3, 0.4) is 0 Å². The molecule has 0 aromatic heterocycles. The summed E-state index contributed by atoms with van der Waals surface area (Å²) in [4.78, 5) is 2.62. The molecule has 1 aliphatic heterocycles. The Bertz CT molecular complexity index is 1240. The van der Waals surface area contributed by atoms with Gasteiger partial charge < -0.3 is 9.64 Å². The van der Waals surface area contributed by atoms with Crippen LogP contribution in [0.15, 0.2) is 82.1 Å². The lowest BCUT2D eigenvalue weighted by molar-refractivity contribution is -0.274. The minimum absolute atomic E-state index is 0.0876. The number of anilines is 2. The van der Waals surface area contributed by atoms with Gasteiger partial charge in [0.15, 0.2) is 0 Å². The summed E-state index contributed by atoms with van der Waals surface area (Å²) >= 11 is 0. The van der Waals surface area contributed by atoms with Gasteiger partial charge in [-0.1, -0.05) is 43.3 Å². The molecule has 9 heteroatoms. The molecule has 0 spiro atoms. The first-order valence-corrected chi connectivity index (χ1v) is 12.9. The maximum atomic E-state index is 13.4. The van der Waals surface area contributed by atoms with E-state index in [1.54, 1.807) is 0 Å². The van der Waals surface area contributed by atoms with Gasteiger partial charge in [0, 0.05) is 31.5 Å². The fourth-order valence-corrected chi connectivity index (χ4v) is 5.80. The summed E-state index contributed by atoms with van der Waals surface area (Å²) in [6.45, 7) is 3.16. The summed E-state index contributed by atoms with van der Waals surface area (Å²) in [7, 11) is -1.58. The molecule has 5 nitrogen and oxygen atoms in total. The highest BCUT2D eigenvalue weighted by atomic mass is 32.2. The lowest BCUT2D eigenvalue weighted by Crippen LogP contribution is -2.34. The van der Waals surface area contributed by atoms with E-state index >= 15 is 0 Å². The van der Waals surface area contributed by atoms with Gasteiger partial charge in [-0.2, -0.15) is 0 Å². The van der Waals surface area contributed by atoms with Gasteiger partial charge in [-0.25, -0.2) is 13.3 Å². The van der Waals surface area contributed by atoms with E-state index in [1.165, 1.54) is 41.7 Å². The van der Waals surface area contributed by atoms with E-state index in [-0.39, 0.29) is 11.7 Å². The van der Waals surface area contributed by atoms with Crippen LogP contribution in [0.25, 0.3) is 0 Å². The van der Waals surface area contributed by atoms with E-state index in [0.29, 0.717) is 18.0 Å². The largest absolute Gasteiger partial charge is 0.573 e. The van der Waals surface area contributed by atoms with E-state index in [4.69, 9.17) is 0 Å². The summed E-state index contributed by atoms with van der Waals surface area (Å²) in [5.74, 6) is -0.282. The molecule has 186 valence electrons. The van der Waals surface area contributed by atoms with Crippen molar-refractivity contribution in [1.29, 1.82) is 0 Å². The van der Waals surface area contributed by atoms with E-state index < -0.39 is 16.3 Å². The molecule has 1 N–H and O–H groups in total. The van der Waals surface area contributed by atoms with Crippen LogP contribution in [-0.4, -0.2) is 30.7 Å². The fourth-order valence-electron chi connectivity index (χ4n) is 4.28. The summed E-state index contributed by atoms with van der Waals surface area (Å²) in [6.07, 6.45) is -2.85. The van der Waals surface area contributed by atoms with Gasteiger partial charge in [-0.3, -0.25) is 0 Å². The first-order chi connectivity index (χ1) is 16.7. The number of halogens is 3. The van der Waals surface area contributed by atoms with Gasteiger partial charge in [-0.15, -0.1) is 13.2 Å². The Kier molecular flexibility index (Phi) is 7.37. The maximum Gasteiger partial charge on any atom is 0.573 e. The molecule has 0 saturated carbocycles. The van der Waals surface area contributed by atoms with Crippen LogP contribution in [0.1, 0.15) is 18.1 Å². The predicted molar refractivity (Wildman–Crippen MR) is 132 cm³/mol. The van der Waals surface area contributed by atoms with Crippen molar-refractivity contribution >= 4 is 21.3 Å². The number of nitrogens with zero attached hydrogens (tertiary/aromatic N) is 2. The van der Waals surface area contributed by atoms with Crippen LogP contribution in [-0.2, 0) is 22.8 Å². The van der Waals surface area contributed by atoms with Gasteiger partial charge in [0.1, 0.15) is 15.7 Å². The molecular formula is C26H28F3N3O2S. The third-order valence-electron chi connectivity index (χ3n) is 5.98. The molecule has 0 aliphatic carbocycles. The SMILES string of the molecule is CN=S(=O)(NCC(C)CN1c2ccccc2CCc2ccccc21)c1ccc(OC(F)(F)F)cc1. The molecule has 0 saturated heterocycles. The average Bonchev–Trinajstić information content (AvgIpc) is 2.99. The highest BCUT2D eigenvalue weighted by Gasteiger charge is 2.31. The Balaban J connectivity index is 1.50. The van der Waals surface area contributed by atoms with Crippen LogP contribution in [0.4, 0.5) is 24.5 Å². The Labute approximate surface area is 204 Å². The lowest BCUT2D eigenvalue weighted by Gasteiger charge is -2.30. The van der Waals surface area contributed by atoms with Gasteiger partial charge in [0.25, 0.3) is 0 Å². The Hall–Kier alpha value is -3.04. The number of hydrogen-bond donors (Lipinski definition) is 1. The van der Waals surface area contributed by atoms with Crippen molar-refractivity contribution in [2.75, 3.05) is 25.0 Å². The van der Waals surface area contributed by atoms with Crippen LogP contribution >= 0.6 is 0 Å². The molecule has 0 bridgehead atoms. The monoisotopic (exact) mass is 503 g/mol. The number of para-hydroxylation sites is 2. The molecule has 1 aliphatic rings. The molecule has 0 radical (unpaired) electrons. The molecule has 0 fully saturated rings. The minimum atomic E-state index is -4.78. The van der Waals surface area contributed by atoms with E-state index in [2.05, 4.69) is 62.0 Å². The van der Waals surface area contributed by atoms with Gasteiger partial charge in [0.05, 0.1) is 4.90 Å². The highest BCUT2D eigenvalue weighted by molar-refractivity contribution is 7.91. The van der Waals surface area contributed by atoms with Crippen LogP contribution in [0.2, 0.25) is 0 Å². The van der Waals surface area contributed by atoms with Gasteiger partial charge in [-0.05, 0) is 66.3 Å². The van der Waals surface area contributed by atoms with Crippen molar-refractivity contribution in [3.63, 3.8) is 0 Å². The fraction of sp³-hybridized carbons (Fsp3) is 0.308. The number of ether oxygens (including phenoxy) is 1. The number of nitrogens with one attached hydrogen (secondary N) is 1. The predicted octanol–water partition coefficient (Wildman–Crippen LogP) is 6.12. The zero-order valence-corrected chi connectivity index (χ0v) is 20.4. The van der Waals surface area contributed by atoms with Crippen LogP contribution in [0.5, 0.6) is 5.75 Å².